The third-order valence-electron chi connectivity index (χ3n) is 1.39. The van der Waals surface area contributed by atoms with Gasteiger partial charge in [-0.05, 0) is 12.8 Å². The number of nitrogens with one attached hydrogen (secondary N) is 1. The van der Waals surface area contributed by atoms with Gasteiger partial charge in [0.05, 0.1) is 11.8 Å². The Kier molecular flexibility index (Phi) is 5.83. The molecule has 0 bridgehead atoms. The molecular weight excluding hydrogens is 208 g/mol. The molecule has 7 heteroatoms. The van der Waals surface area contributed by atoms with Gasteiger partial charge < -0.3 is 5.11 Å². The molecule has 0 atom stereocenters. The van der Waals surface area contributed by atoms with E-state index in [1.807, 2.05) is 10.8 Å². The fourth-order valence-corrected chi connectivity index (χ4v) is 1.81. The molecule has 80 valence electrons. The number of aliphatic carboxylic acids is 1. The highest BCUT2D eigenvalue weighted by molar-refractivity contribution is 7.89. The molecule has 0 aromatic heterocycles. The van der Waals surface area contributed by atoms with E-state index in [4.69, 9.17) is 10.4 Å². The Morgan fingerprint density at radius 2 is 2.07 bits per heavy atom. The average molecular weight is 220 g/mol. The fourth-order valence-electron chi connectivity index (χ4n) is 0.740. The van der Waals surface area contributed by atoms with E-state index in [1.54, 1.807) is 0 Å². The number of carbonyl (C=O) groups is 1. The number of rotatable bonds is 7. The number of sulfonamides is 1. The second kappa shape index (κ2) is 6.34. The number of hydrogen-bond donors (Lipinski definition) is 2. The molecule has 14 heavy (non-hydrogen) atoms. The summed E-state index contributed by atoms with van der Waals surface area (Å²) < 4.78 is 24.0. The fraction of sp³-hybridized carbons (Fsp3) is 0.714. The second-order valence-corrected chi connectivity index (χ2v) is 4.58. The molecule has 0 spiro atoms. The number of unbranched alkanes of at least 4 members (excludes halogenated alkanes) is 2. The molecule has 0 aliphatic heterocycles. The zero-order valence-electron chi connectivity index (χ0n) is 7.56. The summed E-state index contributed by atoms with van der Waals surface area (Å²) in [6, 6.07) is 1.89. The minimum Gasteiger partial charge on any atom is -0.480 e. The van der Waals surface area contributed by atoms with Gasteiger partial charge in [-0.25, -0.2) is 13.1 Å². The van der Waals surface area contributed by atoms with Crippen LogP contribution >= 0.6 is 0 Å². The smallest absolute Gasteiger partial charge is 0.318 e. The van der Waals surface area contributed by atoms with Gasteiger partial charge in [0.15, 0.2) is 0 Å². The predicted octanol–water partition coefficient (Wildman–Crippen LogP) is -0.316. The lowest BCUT2D eigenvalue weighted by Crippen LogP contribution is -2.31. The van der Waals surface area contributed by atoms with Crippen LogP contribution in [0.1, 0.15) is 19.3 Å². The van der Waals surface area contributed by atoms with Crippen molar-refractivity contribution in [1.29, 1.82) is 5.26 Å². The Balaban J connectivity index is 3.74. The second-order valence-electron chi connectivity index (χ2n) is 2.65. The molecule has 0 saturated carbocycles. The zero-order valence-corrected chi connectivity index (χ0v) is 8.38. The summed E-state index contributed by atoms with van der Waals surface area (Å²) >= 11 is 0. The number of nitriles is 1. The highest BCUT2D eigenvalue weighted by Gasteiger charge is 2.10. The van der Waals surface area contributed by atoms with E-state index in [9.17, 15) is 13.2 Å². The van der Waals surface area contributed by atoms with Gasteiger partial charge in [-0.3, -0.25) is 4.79 Å². The molecule has 0 rings (SSSR count). The zero-order chi connectivity index (χ0) is 11.0. The standard InChI is InChI=1S/C7H12N2O4S/c8-4-2-1-3-5-14(12,13)9-6-7(10)11/h9H,1-3,5-6H2,(H,10,11). The Hall–Kier alpha value is -1.13. The van der Waals surface area contributed by atoms with Crippen molar-refractivity contribution in [2.45, 2.75) is 19.3 Å². The number of carboxylic acid groups (broad SMARTS) is 1. The minimum atomic E-state index is -3.50. The van der Waals surface area contributed by atoms with E-state index in [0.717, 1.165) is 0 Å². The Morgan fingerprint density at radius 1 is 1.43 bits per heavy atom. The summed E-state index contributed by atoms with van der Waals surface area (Å²) in [5, 5.41) is 16.4. The lowest BCUT2D eigenvalue weighted by atomic mass is 10.3. The molecule has 0 unspecified atom stereocenters. The van der Waals surface area contributed by atoms with Crippen molar-refractivity contribution in [3.8, 4) is 6.07 Å². The summed E-state index contributed by atoms with van der Waals surface area (Å²) in [5.41, 5.74) is 0. The van der Waals surface area contributed by atoms with E-state index in [-0.39, 0.29) is 5.75 Å². The highest BCUT2D eigenvalue weighted by atomic mass is 32.2. The topological polar surface area (TPSA) is 107 Å². The molecule has 0 heterocycles. The Bertz CT molecular complexity index is 317. The van der Waals surface area contributed by atoms with Gasteiger partial charge in [-0.15, -0.1) is 0 Å². The lowest BCUT2D eigenvalue weighted by Gasteiger charge is -2.02. The van der Waals surface area contributed by atoms with Crippen molar-refractivity contribution >= 4 is 16.0 Å². The van der Waals surface area contributed by atoms with Crippen LogP contribution in [-0.2, 0) is 14.8 Å². The highest BCUT2D eigenvalue weighted by Crippen LogP contribution is 1.97. The number of nitrogens with zero attached hydrogens (tertiary/aromatic N) is 1. The van der Waals surface area contributed by atoms with Crippen LogP contribution in [0.15, 0.2) is 0 Å². The number of hydrogen-bond acceptors (Lipinski definition) is 4. The van der Waals surface area contributed by atoms with Gasteiger partial charge in [0.25, 0.3) is 0 Å². The first-order valence-corrected chi connectivity index (χ1v) is 5.69. The van der Waals surface area contributed by atoms with Gasteiger partial charge in [0.2, 0.25) is 10.0 Å². The van der Waals surface area contributed by atoms with E-state index in [1.165, 1.54) is 0 Å². The predicted molar refractivity (Wildman–Crippen MR) is 48.9 cm³/mol. The minimum absolute atomic E-state index is 0.137. The average Bonchev–Trinajstić information content (AvgIpc) is 2.10. The van der Waals surface area contributed by atoms with Crippen LogP contribution in [0.2, 0.25) is 0 Å². The molecule has 0 aromatic rings. The largest absolute Gasteiger partial charge is 0.480 e. The van der Waals surface area contributed by atoms with Crippen LogP contribution in [-0.4, -0.2) is 31.8 Å². The van der Waals surface area contributed by atoms with Gasteiger partial charge in [0.1, 0.15) is 6.54 Å². The molecule has 0 aliphatic carbocycles. The molecule has 0 saturated heterocycles. The third kappa shape index (κ3) is 7.52. The van der Waals surface area contributed by atoms with Gasteiger partial charge in [-0.1, -0.05) is 0 Å². The van der Waals surface area contributed by atoms with Crippen molar-refractivity contribution in [3.05, 3.63) is 0 Å². The maximum absolute atomic E-state index is 11.0. The third-order valence-corrected chi connectivity index (χ3v) is 2.81. The van der Waals surface area contributed by atoms with Crippen LogP contribution in [0.25, 0.3) is 0 Å². The van der Waals surface area contributed by atoms with Gasteiger partial charge >= 0.3 is 5.97 Å². The summed E-state index contributed by atoms with van der Waals surface area (Å²) in [7, 11) is -3.50. The van der Waals surface area contributed by atoms with Gasteiger partial charge in [0, 0.05) is 6.42 Å². The number of carboxylic acids is 1. The summed E-state index contributed by atoms with van der Waals surface area (Å²) in [5.74, 6) is -1.35. The molecule has 0 aliphatic rings. The van der Waals surface area contributed by atoms with E-state index in [2.05, 4.69) is 0 Å². The Morgan fingerprint density at radius 3 is 2.57 bits per heavy atom. The monoisotopic (exact) mass is 220 g/mol. The SMILES string of the molecule is N#CCCCCS(=O)(=O)NCC(=O)O. The lowest BCUT2D eigenvalue weighted by molar-refractivity contribution is -0.135. The van der Waals surface area contributed by atoms with Crippen molar-refractivity contribution in [2.75, 3.05) is 12.3 Å². The molecular formula is C7H12N2O4S. The molecule has 0 amide bonds. The van der Waals surface area contributed by atoms with Crippen molar-refractivity contribution in [1.82, 2.24) is 4.72 Å². The van der Waals surface area contributed by atoms with Crippen LogP contribution in [0.5, 0.6) is 0 Å². The van der Waals surface area contributed by atoms with Crippen LogP contribution in [0.4, 0.5) is 0 Å². The molecule has 0 radical (unpaired) electrons. The summed E-state index contributed by atoms with van der Waals surface area (Å²) in [6.45, 7) is -0.597. The summed E-state index contributed by atoms with van der Waals surface area (Å²) in [4.78, 5) is 10.1. The van der Waals surface area contributed by atoms with E-state index in [0.29, 0.717) is 19.3 Å². The first kappa shape index (κ1) is 12.9. The van der Waals surface area contributed by atoms with E-state index < -0.39 is 22.5 Å². The molecule has 0 aromatic carbocycles. The molecule has 0 fully saturated rings. The summed E-state index contributed by atoms with van der Waals surface area (Å²) in [6.07, 6.45) is 1.18. The van der Waals surface area contributed by atoms with Crippen molar-refractivity contribution < 1.29 is 18.3 Å². The maximum Gasteiger partial charge on any atom is 0.318 e. The normalized spacial score (nSPS) is 10.8. The van der Waals surface area contributed by atoms with Crippen LogP contribution in [0.3, 0.4) is 0 Å². The molecule has 6 nitrogen and oxygen atoms in total. The first-order chi connectivity index (χ1) is 6.48. The van der Waals surface area contributed by atoms with E-state index >= 15 is 0 Å². The first-order valence-electron chi connectivity index (χ1n) is 4.04. The van der Waals surface area contributed by atoms with Crippen LogP contribution in [0, 0.1) is 11.3 Å². The molecule has 2 N–H and O–H groups in total. The Labute approximate surface area is 82.6 Å². The van der Waals surface area contributed by atoms with Crippen LogP contribution < -0.4 is 4.72 Å². The van der Waals surface area contributed by atoms with Crippen molar-refractivity contribution in [3.63, 3.8) is 0 Å². The quantitative estimate of drug-likeness (QED) is 0.572. The van der Waals surface area contributed by atoms with Crippen molar-refractivity contribution in [2.24, 2.45) is 0 Å². The maximum atomic E-state index is 11.0. The van der Waals surface area contributed by atoms with Gasteiger partial charge in [-0.2, -0.15) is 5.26 Å².